The van der Waals surface area contributed by atoms with Crippen LogP contribution in [0.3, 0.4) is 0 Å². The maximum absolute atomic E-state index is 13.1. The summed E-state index contributed by atoms with van der Waals surface area (Å²) in [4.78, 5) is 26.1. The molecule has 0 aromatic heterocycles. The Morgan fingerprint density at radius 1 is 1.31 bits per heavy atom. The van der Waals surface area contributed by atoms with E-state index in [0.29, 0.717) is 35.4 Å². The lowest BCUT2D eigenvalue weighted by molar-refractivity contribution is -0.114. The van der Waals surface area contributed by atoms with E-state index in [2.05, 4.69) is 0 Å². The van der Waals surface area contributed by atoms with Crippen LogP contribution in [-0.2, 0) is 19.6 Å². The zero-order valence-corrected chi connectivity index (χ0v) is 17.7. The summed E-state index contributed by atoms with van der Waals surface area (Å²) in [6.45, 7) is 3.12. The third kappa shape index (κ3) is 3.19. The summed E-state index contributed by atoms with van der Waals surface area (Å²) in [5, 5.41) is 0. The van der Waals surface area contributed by atoms with E-state index in [1.165, 1.54) is 15.3 Å². The molecule has 0 radical (unpaired) electrons. The minimum absolute atomic E-state index is 0.0585. The number of hydrogen-bond donors (Lipinski definition) is 0. The highest BCUT2D eigenvalue weighted by atomic mass is 127. The number of nitrogens with zero attached hydrogens (tertiary/aromatic N) is 2. The molecule has 9 heteroatoms. The lowest BCUT2D eigenvalue weighted by Crippen LogP contribution is -2.38. The zero-order chi connectivity index (χ0) is 19.1. The van der Waals surface area contributed by atoms with Crippen molar-refractivity contribution in [3.8, 4) is 0 Å². The van der Waals surface area contributed by atoms with E-state index in [0.717, 1.165) is 12.8 Å². The Morgan fingerprint density at radius 3 is 2.69 bits per heavy atom. The lowest BCUT2D eigenvalue weighted by Gasteiger charge is -2.24. The summed E-state index contributed by atoms with van der Waals surface area (Å²) < 4.78 is 33.4. The van der Waals surface area contributed by atoms with Gasteiger partial charge in [-0.2, -0.15) is 4.31 Å². The average molecular weight is 492 g/mol. The molecule has 2 aliphatic heterocycles. The first-order valence-corrected chi connectivity index (χ1v) is 11.0. The van der Waals surface area contributed by atoms with E-state index in [-0.39, 0.29) is 16.5 Å². The van der Waals surface area contributed by atoms with Crippen LogP contribution in [0.1, 0.15) is 36.5 Å². The standard InChI is InChI=1S/C17H21IN2O5S/c1-3-6-19-15-13(16(21)17(19)22)8-12(9-14(15)18)26(23,24)20-7-4-5-11(20)10-25-2/h8-9,11H,3-7,10H2,1-2H3/t11-/m0/s1. The second-order valence-corrected chi connectivity index (χ2v) is 9.51. The first-order chi connectivity index (χ1) is 12.3. The van der Waals surface area contributed by atoms with Crippen LogP contribution in [0.25, 0.3) is 0 Å². The van der Waals surface area contributed by atoms with Gasteiger partial charge in [0.15, 0.2) is 0 Å². The third-order valence-electron chi connectivity index (χ3n) is 4.73. The number of ether oxygens (including phenoxy) is 1. The topological polar surface area (TPSA) is 84.0 Å². The van der Waals surface area contributed by atoms with Crippen LogP contribution in [0.15, 0.2) is 17.0 Å². The fourth-order valence-corrected chi connectivity index (χ4v) is 6.43. The predicted octanol–water partition coefficient (Wildman–Crippen LogP) is 2.03. The molecule has 2 aliphatic rings. The summed E-state index contributed by atoms with van der Waals surface area (Å²) in [7, 11) is -2.21. The van der Waals surface area contributed by atoms with Crippen LogP contribution in [0.5, 0.6) is 0 Å². The van der Waals surface area contributed by atoms with Gasteiger partial charge in [-0.1, -0.05) is 6.92 Å². The predicted molar refractivity (Wildman–Crippen MR) is 105 cm³/mol. The molecule has 0 aliphatic carbocycles. The number of anilines is 1. The smallest absolute Gasteiger partial charge is 0.299 e. The molecule has 0 saturated carbocycles. The second-order valence-electron chi connectivity index (χ2n) is 6.45. The van der Waals surface area contributed by atoms with Gasteiger partial charge < -0.3 is 9.64 Å². The van der Waals surface area contributed by atoms with Gasteiger partial charge in [0, 0.05) is 29.8 Å². The first kappa shape index (κ1) is 19.7. The molecule has 142 valence electrons. The number of rotatable bonds is 6. The van der Waals surface area contributed by atoms with Crippen LogP contribution in [0.2, 0.25) is 0 Å². The molecule has 7 nitrogen and oxygen atoms in total. The van der Waals surface area contributed by atoms with Crippen LogP contribution in [0.4, 0.5) is 5.69 Å². The van der Waals surface area contributed by atoms with Crippen LogP contribution < -0.4 is 4.90 Å². The number of ketones is 1. The molecule has 0 spiro atoms. The SMILES string of the molecule is CCCN1C(=O)C(=O)c2cc(S(=O)(=O)N3CCC[C@H]3COC)cc(I)c21. The highest BCUT2D eigenvalue weighted by Gasteiger charge is 2.40. The highest BCUT2D eigenvalue weighted by molar-refractivity contribution is 14.1. The van der Waals surface area contributed by atoms with Gasteiger partial charge in [0.1, 0.15) is 0 Å². The van der Waals surface area contributed by atoms with Gasteiger partial charge >= 0.3 is 0 Å². The molecule has 0 bridgehead atoms. The van der Waals surface area contributed by atoms with Crippen LogP contribution in [0, 0.1) is 3.57 Å². The molecule has 0 N–H and O–H groups in total. The fourth-order valence-electron chi connectivity index (χ4n) is 3.57. The Kier molecular flexibility index (Phi) is 5.71. The van der Waals surface area contributed by atoms with Gasteiger partial charge in [0.2, 0.25) is 10.0 Å². The van der Waals surface area contributed by atoms with Gasteiger partial charge in [-0.25, -0.2) is 8.42 Å². The van der Waals surface area contributed by atoms with Crippen molar-refractivity contribution in [2.75, 3.05) is 31.7 Å². The molecule has 1 amide bonds. The number of carbonyl (C=O) groups is 2. The van der Waals surface area contributed by atoms with Crippen molar-refractivity contribution in [3.05, 3.63) is 21.3 Å². The number of halogens is 1. The van der Waals surface area contributed by atoms with Gasteiger partial charge in [-0.3, -0.25) is 9.59 Å². The molecule has 1 aromatic carbocycles. The first-order valence-electron chi connectivity index (χ1n) is 8.53. The summed E-state index contributed by atoms with van der Waals surface area (Å²) in [5.41, 5.74) is 0.702. The fraction of sp³-hybridized carbons (Fsp3) is 0.529. The number of hydrogen-bond acceptors (Lipinski definition) is 5. The van der Waals surface area contributed by atoms with Crippen molar-refractivity contribution in [1.29, 1.82) is 0 Å². The minimum Gasteiger partial charge on any atom is -0.383 e. The number of methoxy groups -OCH3 is 1. The number of amides is 1. The average Bonchev–Trinajstić information content (AvgIpc) is 3.15. The number of benzene rings is 1. The Morgan fingerprint density at radius 2 is 2.04 bits per heavy atom. The molecule has 2 heterocycles. The highest BCUT2D eigenvalue weighted by Crippen LogP contribution is 2.37. The molecule has 1 fully saturated rings. The zero-order valence-electron chi connectivity index (χ0n) is 14.7. The lowest BCUT2D eigenvalue weighted by atomic mass is 10.1. The number of fused-ring (bicyclic) bond motifs is 1. The summed E-state index contributed by atoms with van der Waals surface area (Å²) in [6, 6.07) is 2.70. The molecule has 26 heavy (non-hydrogen) atoms. The number of Topliss-reactive ketones (excluding diaryl/α,β-unsaturated/α-hetero) is 1. The quantitative estimate of drug-likeness (QED) is 0.449. The molecular weight excluding hydrogens is 471 g/mol. The molecule has 0 unspecified atom stereocenters. The van der Waals surface area contributed by atoms with Gasteiger partial charge in [-0.05, 0) is 54.0 Å². The van der Waals surface area contributed by atoms with E-state index in [1.54, 1.807) is 13.2 Å². The Hall–Kier alpha value is -1.04. The minimum atomic E-state index is -3.76. The summed E-state index contributed by atoms with van der Waals surface area (Å²) >= 11 is 2.00. The van der Waals surface area contributed by atoms with Crippen molar-refractivity contribution in [1.82, 2.24) is 4.31 Å². The Bertz CT molecular complexity index is 855. The Balaban J connectivity index is 2.05. The summed E-state index contributed by atoms with van der Waals surface area (Å²) in [6.07, 6.45) is 2.23. The van der Waals surface area contributed by atoms with Gasteiger partial charge in [0.05, 0.1) is 22.8 Å². The van der Waals surface area contributed by atoms with E-state index in [9.17, 15) is 18.0 Å². The maximum Gasteiger partial charge on any atom is 0.299 e. The van der Waals surface area contributed by atoms with E-state index < -0.39 is 21.7 Å². The van der Waals surface area contributed by atoms with Crippen molar-refractivity contribution in [3.63, 3.8) is 0 Å². The van der Waals surface area contributed by atoms with Crippen molar-refractivity contribution < 1.29 is 22.7 Å². The third-order valence-corrected chi connectivity index (χ3v) is 7.48. The van der Waals surface area contributed by atoms with E-state index in [1.807, 2.05) is 29.5 Å². The summed E-state index contributed by atoms with van der Waals surface area (Å²) in [5.74, 6) is -1.23. The van der Waals surface area contributed by atoms with Crippen molar-refractivity contribution in [2.45, 2.75) is 37.1 Å². The number of carbonyl (C=O) groups excluding carboxylic acids is 2. The van der Waals surface area contributed by atoms with Crippen molar-refractivity contribution in [2.24, 2.45) is 0 Å². The van der Waals surface area contributed by atoms with Crippen molar-refractivity contribution >= 4 is 50.0 Å². The monoisotopic (exact) mass is 492 g/mol. The molecule has 1 saturated heterocycles. The molecule has 3 rings (SSSR count). The normalized spacial score (nSPS) is 20.9. The van der Waals surface area contributed by atoms with Gasteiger partial charge in [0.25, 0.3) is 11.7 Å². The maximum atomic E-state index is 13.1. The molecule has 1 aromatic rings. The largest absolute Gasteiger partial charge is 0.383 e. The Labute approximate surface area is 166 Å². The van der Waals surface area contributed by atoms with Crippen LogP contribution >= 0.6 is 22.6 Å². The van der Waals surface area contributed by atoms with E-state index >= 15 is 0 Å². The van der Waals surface area contributed by atoms with E-state index in [4.69, 9.17) is 4.74 Å². The van der Waals surface area contributed by atoms with Gasteiger partial charge in [-0.15, -0.1) is 0 Å². The van der Waals surface area contributed by atoms with Crippen LogP contribution in [-0.4, -0.2) is 57.3 Å². The number of sulfonamides is 1. The molecule has 1 atom stereocenters. The molecular formula is C17H21IN2O5S. The second kappa shape index (κ2) is 7.53.